The molecule has 3 nitrogen and oxygen atoms in total. The van der Waals surface area contributed by atoms with Crippen molar-refractivity contribution in [2.75, 3.05) is 13.1 Å². The van der Waals surface area contributed by atoms with E-state index in [2.05, 4.69) is 24.1 Å². The molecule has 0 aliphatic carbocycles. The van der Waals surface area contributed by atoms with Gasteiger partial charge >= 0.3 is 0 Å². The van der Waals surface area contributed by atoms with Crippen LogP contribution >= 0.6 is 0 Å². The van der Waals surface area contributed by atoms with Crippen molar-refractivity contribution in [3.05, 3.63) is 0 Å². The smallest absolute Gasteiger partial charge is 0.225 e. The van der Waals surface area contributed by atoms with Crippen LogP contribution in [0.25, 0.3) is 0 Å². The maximum atomic E-state index is 11.9. The Morgan fingerprint density at radius 3 is 2.41 bits per heavy atom. The molecule has 0 radical (unpaired) electrons. The van der Waals surface area contributed by atoms with Crippen LogP contribution in [0, 0.1) is 5.41 Å². The molecular weight excluding hydrogens is 212 g/mol. The van der Waals surface area contributed by atoms with Crippen LogP contribution in [0.1, 0.15) is 53.9 Å². The van der Waals surface area contributed by atoms with Crippen LogP contribution in [0.15, 0.2) is 0 Å². The Morgan fingerprint density at radius 2 is 1.94 bits per heavy atom. The van der Waals surface area contributed by atoms with Gasteiger partial charge in [-0.05, 0) is 19.3 Å². The van der Waals surface area contributed by atoms with E-state index >= 15 is 0 Å². The Labute approximate surface area is 106 Å². The zero-order chi connectivity index (χ0) is 13.1. The van der Waals surface area contributed by atoms with E-state index < -0.39 is 0 Å². The molecule has 0 spiro atoms. The summed E-state index contributed by atoms with van der Waals surface area (Å²) >= 11 is 0. The molecule has 1 aliphatic rings. The number of carbonyl (C=O) groups excluding carboxylic acids is 1. The molecule has 1 fully saturated rings. The van der Waals surface area contributed by atoms with E-state index in [1.165, 1.54) is 12.8 Å². The maximum absolute atomic E-state index is 11.9. The van der Waals surface area contributed by atoms with Gasteiger partial charge in [0.15, 0.2) is 0 Å². The molecule has 0 aromatic carbocycles. The lowest BCUT2D eigenvalue weighted by atomic mass is 9.95. The van der Waals surface area contributed by atoms with Crippen molar-refractivity contribution in [2.24, 2.45) is 5.41 Å². The SMILES string of the molecule is CCC(CC)N1CCC(NC(=O)C(C)(C)C)C1. The monoisotopic (exact) mass is 240 g/mol. The van der Waals surface area contributed by atoms with Crippen molar-refractivity contribution < 1.29 is 4.79 Å². The molecule has 1 heterocycles. The lowest BCUT2D eigenvalue weighted by Crippen LogP contribution is -2.44. The Hall–Kier alpha value is -0.570. The first-order valence-electron chi connectivity index (χ1n) is 6.93. The molecule has 1 saturated heterocycles. The minimum atomic E-state index is -0.275. The fraction of sp³-hybridized carbons (Fsp3) is 0.929. The van der Waals surface area contributed by atoms with Gasteiger partial charge < -0.3 is 5.32 Å². The van der Waals surface area contributed by atoms with Crippen molar-refractivity contribution in [1.82, 2.24) is 10.2 Å². The fourth-order valence-corrected chi connectivity index (χ4v) is 2.44. The summed E-state index contributed by atoms with van der Waals surface area (Å²) in [6.45, 7) is 12.5. The molecule has 1 rings (SSSR count). The second kappa shape index (κ2) is 5.85. The Balaban J connectivity index is 2.43. The van der Waals surface area contributed by atoms with Gasteiger partial charge in [-0.15, -0.1) is 0 Å². The predicted molar refractivity (Wildman–Crippen MR) is 71.9 cm³/mol. The molecule has 1 aliphatic heterocycles. The van der Waals surface area contributed by atoms with Gasteiger partial charge in [-0.25, -0.2) is 0 Å². The van der Waals surface area contributed by atoms with Crippen LogP contribution in [-0.2, 0) is 4.79 Å². The Kier molecular flexibility index (Phi) is 4.99. The van der Waals surface area contributed by atoms with E-state index in [-0.39, 0.29) is 11.3 Å². The van der Waals surface area contributed by atoms with Gasteiger partial charge in [0.25, 0.3) is 0 Å². The van der Waals surface area contributed by atoms with Crippen LogP contribution in [-0.4, -0.2) is 36.0 Å². The summed E-state index contributed by atoms with van der Waals surface area (Å²) in [6, 6.07) is 1.04. The molecular formula is C14H28N2O. The Morgan fingerprint density at radius 1 is 1.35 bits per heavy atom. The highest BCUT2D eigenvalue weighted by Gasteiger charge is 2.30. The van der Waals surface area contributed by atoms with E-state index in [0.717, 1.165) is 19.5 Å². The summed E-state index contributed by atoms with van der Waals surface area (Å²) < 4.78 is 0. The zero-order valence-electron chi connectivity index (χ0n) is 12.0. The van der Waals surface area contributed by atoms with Crippen LogP contribution in [0.4, 0.5) is 0 Å². The van der Waals surface area contributed by atoms with Gasteiger partial charge in [0.05, 0.1) is 0 Å². The minimum Gasteiger partial charge on any atom is -0.352 e. The summed E-state index contributed by atoms with van der Waals surface area (Å²) in [7, 11) is 0. The summed E-state index contributed by atoms with van der Waals surface area (Å²) in [5, 5.41) is 3.17. The number of amides is 1. The van der Waals surface area contributed by atoms with Crippen molar-refractivity contribution in [3.8, 4) is 0 Å². The van der Waals surface area contributed by atoms with Crippen molar-refractivity contribution in [2.45, 2.75) is 66.0 Å². The number of nitrogens with zero attached hydrogens (tertiary/aromatic N) is 1. The highest BCUT2D eigenvalue weighted by molar-refractivity contribution is 5.81. The Bertz CT molecular complexity index is 253. The van der Waals surface area contributed by atoms with Gasteiger partial charge in [-0.3, -0.25) is 9.69 Å². The number of likely N-dealkylation sites (tertiary alicyclic amines) is 1. The highest BCUT2D eigenvalue weighted by atomic mass is 16.2. The molecule has 1 atom stereocenters. The number of rotatable bonds is 4. The number of carbonyl (C=O) groups is 1. The van der Waals surface area contributed by atoms with Gasteiger partial charge in [0.1, 0.15) is 0 Å². The van der Waals surface area contributed by atoms with Gasteiger partial charge in [-0.2, -0.15) is 0 Å². The average molecular weight is 240 g/mol. The third-order valence-corrected chi connectivity index (χ3v) is 3.69. The molecule has 1 N–H and O–H groups in total. The van der Waals surface area contributed by atoms with E-state index in [4.69, 9.17) is 0 Å². The third kappa shape index (κ3) is 3.98. The second-order valence-corrected chi connectivity index (χ2v) is 6.17. The van der Waals surface area contributed by atoms with E-state index in [1.54, 1.807) is 0 Å². The van der Waals surface area contributed by atoms with Crippen LogP contribution in [0.5, 0.6) is 0 Å². The summed E-state index contributed by atoms with van der Waals surface area (Å²) in [4.78, 5) is 14.4. The summed E-state index contributed by atoms with van der Waals surface area (Å²) in [6.07, 6.45) is 3.51. The second-order valence-electron chi connectivity index (χ2n) is 6.17. The number of hydrogen-bond donors (Lipinski definition) is 1. The van der Waals surface area contributed by atoms with Crippen molar-refractivity contribution in [3.63, 3.8) is 0 Å². The lowest BCUT2D eigenvalue weighted by Gasteiger charge is -2.26. The largest absolute Gasteiger partial charge is 0.352 e. The molecule has 0 aromatic heterocycles. The summed E-state index contributed by atoms with van der Waals surface area (Å²) in [5.74, 6) is 0.175. The average Bonchev–Trinajstić information content (AvgIpc) is 2.67. The van der Waals surface area contributed by atoms with Gasteiger partial charge in [-0.1, -0.05) is 34.6 Å². The topological polar surface area (TPSA) is 32.3 Å². The molecule has 1 unspecified atom stereocenters. The molecule has 1 amide bonds. The van der Waals surface area contributed by atoms with Crippen LogP contribution in [0.2, 0.25) is 0 Å². The minimum absolute atomic E-state index is 0.175. The predicted octanol–water partition coefficient (Wildman–Crippen LogP) is 2.41. The highest BCUT2D eigenvalue weighted by Crippen LogP contribution is 2.19. The van der Waals surface area contributed by atoms with E-state index in [0.29, 0.717) is 12.1 Å². The van der Waals surface area contributed by atoms with E-state index in [9.17, 15) is 4.79 Å². The molecule has 0 bridgehead atoms. The van der Waals surface area contributed by atoms with Crippen molar-refractivity contribution >= 4 is 5.91 Å². The van der Waals surface area contributed by atoms with Gasteiger partial charge in [0, 0.05) is 30.6 Å². The maximum Gasteiger partial charge on any atom is 0.225 e. The first-order chi connectivity index (χ1) is 7.88. The number of nitrogens with one attached hydrogen (secondary N) is 1. The first kappa shape index (κ1) is 14.5. The standard InChI is InChI=1S/C14H28N2O/c1-6-12(7-2)16-9-8-11(10-16)15-13(17)14(3,4)5/h11-12H,6-10H2,1-5H3,(H,15,17). The summed E-state index contributed by atoms with van der Waals surface area (Å²) in [5.41, 5.74) is -0.275. The normalized spacial score (nSPS) is 22.1. The van der Waals surface area contributed by atoms with E-state index in [1.807, 2.05) is 20.8 Å². The number of hydrogen-bond acceptors (Lipinski definition) is 2. The molecule has 0 aromatic rings. The lowest BCUT2D eigenvalue weighted by molar-refractivity contribution is -0.129. The molecule has 17 heavy (non-hydrogen) atoms. The van der Waals surface area contributed by atoms with Crippen LogP contribution < -0.4 is 5.32 Å². The first-order valence-corrected chi connectivity index (χ1v) is 6.93. The molecule has 100 valence electrons. The quantitative estimate of drug-likeness (QED) is 0.818. The van der Waals surface area contributed by atoms with Crippen LogP contribution in [0.3, 0.4) is 0 Å². The fourth-order valence-electron chi connectivity index (χ4n) is 2.44. The van der Waals surface area contributed by atoms with Gasteiger partial charge in [0.2, 0.25) is 5.91 Å². The van der Waals surface area contributed by atoms with Crippen molar-refractivity contribution in [1.29, 1.82) is 0 Å². The molecule has 0 saturated carbocycles. The zero-order valence-corrected chi connectivity index (χ0v) is 12.0. The third-order valence-electron chi connectivity index (χ3n) is 3.69. The molecule has 3 heteroatoms.